The zero-order chi connectivity index (χ0) is 39.6. The van der Waals surface area contributed by atoms with Crippen LogP contribution in [0.15, 0.2) is 0 Å². The van der Waals surface area contributed by atoms with Gasteiger partial charge >= 0.3 is 43.3 Å². The van der Waals surface area contributed by atoms with Crippen molar-refractivity contribution >= 4 is 69.6 Å². The van der Waals surface area contributed by atoms with E-state index in [1.807, 2.05) is 20.8 Å². The average molecular weight is 866 g/mol. The van der Waals surface area contributed by atoms with Gasteiger partial charge in [-0.05, 0) is 124 Å². The molecule has 2 radical (unpaired) electrons. The number of hydrogen-bond acceptors (Lipinski definition) is 12. The van der Waals surface area contributed by atoms with Crippen LogP contribution in [0.3, 0.4) is 0 Å². The molecule has 0 aliphatic heterocycles. The van der Waals surface area contributed by atoms with Crippen molar-refractivity contribution in [3.63, 3.8) is 0 Å². The molecule has 51 heavy (non-hydrogen) atoms. The fourth-order valence-electron chi connectivity index (χ4n) is 7.25. The summed E-state index contributed by atoms with van der Waals surface area (Å²) in [4.78, 5) is 0. The monoisotopic (exact) mass is 864 g/mol. The predicted octanol–water partition coefficient (Wildman–Crippen LogP) is 7.15. The van der Waals surface area contributed by atoms with Gasteiger partial charge in [0.05, 0.1) is 9.52 Å². The van der Waals surface area contributed by atoms with Gasteiger partial charge in [-0.25, -0.2) is 0 Å². The second-order valence-corrected chi connectivity index (χ2v) is 41.6. The second kappa shape index (κ2) is 24.1. The van der Waals surface area contributed by atoms with E-state index in [9.17, 15) is 0 Å². The SMILES string of the molecule is CCO[Si](CCCNC[Si]CC[Si](C)(C)O[Si](C)(C)O[Si](C)(C)O[Si](C)(C)O[Si](C)(CC(C)[Si](OC)(OC)OC)N(CC)CC)(OCC)OCC. The summed E-state index contributed by atoms with van der Waals surface area (Å²) < 4.78 is 66.1. The van der Waals surface area contributed by atoms with E-state index in [1.165, 1.54) is 0 Å². The van der Waals surface area contributed by atoms with Crippen molar-refractivity contribution in [3.05, 3.63) is 0 Å². The average Bonchev–Trinajstić information content (AvgIpc) is 2.98. The first-order chi connectivity index (χ1) is 23.5. The molecule has 0 saturated carbocycles. The number of nitrogens with one attached hydrogen (secondary N) is 1. The molecule has 2 atom stereocenters. The maximum Gasteiger partial charge on any atom is 0.502 e. The number of hydrogen-bond donors (Lipinski definition) is 1. The lowest BCUT2D eigenvalue weighted by atomic mass is 10.5. The van der Waals surface area contributed by atoms with Gasteiger partial charge in [-0.1, -0.05) is 26.8 Å². The molecule has 306 valence electrons. The van der Waals surface area contributed by atoms with Crippen LogP contribution in [0.25, 0.3) is 0 Å². The third kappa shape index (κ3) is 19.3. The Labute approximate surface area is 324 Å². The molecule has 20 heteroatoms. The first-order valence-electron chi connectivity index (χ1n) is 19.1. The molecule has 0 heterocycles. The molecule has 2 unspecified atom stereocenters. The minimum Gasteiger partial charge on any atom is -0.436 e. The van der Waals surface area contributed by atoms with Crippen molar-refractivity contribution in [2.45, 2.75) is 137 Å². The van der Waals surface area contributed by atoms with Crippen molar-refractivity contribution in [1.29, 1.82) is 0 Å². The molecule has 0 aromatic carbocycles. The van der Waals surface area contributed by atoms with E-state index < -0.39 is 60.1 Å². The van der Waals surface area contributed by atoms with Crippen LogP contribution in [-0.4, -0.2) is 141 Å². The van der Waals surface area contributed by atoms with Gasteiger partial charge in [0, 0.05) is 52.7 Å². The predicted molar refractivity (Wildman–Crippen MR) is 228 cm³/mol. The van der Waals surface area contributed by atoms with Crippen molar-refractivity contribution in [1.82, 2.24) is 9.88 Å². The third-order valence-corrected chi connectivity index (χ3v) is 37.5. The van der Waals surface area contributed by atoms with E-state index in [0.29, 0.717) is 19.8 Å². The standard InChI is InChI=1S/C31H80N2O10Si8/c1-19-33(20-2)49(18,29-31(6)51(34-7,35-8)36-9)43-48(16,17)42-47(14,15)41-46(12,13)40-45(10,11)28-26-44-30-32-25-24-27-50(37-21-3,38-22-4)39-23-5/h31-32H,19-30H2,1-18H3. The Hall–Kier alpha value is 1.26. The van der Waals surface area contributed by atoms with Crippen molar-refractivity contribution in [2.24, 2.45) is 0 Å². The topological polar surface area (TPSA) is 108 Å². The van der Waals surface area contributed by atoms with Gasteiger partial charge in [0.1, 0.15) is 0 Å². The van der Waals surface area contributed by atoms with Crippen LogP contribution in [0.5, 0.6) is 0 Å². The maximum absolute atomic E-state index is 7.22. The normalized spacial score (nSPS) is 15.8. The van der Waals surface area contributed by atoms with E-state index >= 15 is 0 Å². The van der Waals surface area contributed by atoms with Gasteiger partial charge in [0.25, 0.3) is 8.48 Å². The summed E-state index contributed by atoms with van der Waals surface area (Å²) in [6, 6.07) is 3.92. The molecule has 0 aromatic rings. The minimum absolute atomic E-state index is 0.0677. The highest BCUT2D eigenvalue weighted by atomic mass is 28.5. The lowest BCUT2D eigenvalue weighted by molar-refractivity contribution is 0.0708. The van der Waals surface area contributed by atoms with Gasteiger partial charge in [0.15, 0.2) is 8.32 Å². The Morgan fingerprint density at radius 2 is 1.08 bits per heavy atom. The van der Waals surface area contributed by atoms with Crippen LogP contribution in [0.2, 0.25) is 88.6 Å². The Kier molecular flexibility index (Phi) is 24.7. The zero-order valence-corrected chi connectivity index (χ0v) is 44.1. The van der Waals surface area contributed by atoms with E-state index in [0.717, 1.165) is 65.9 Å². The molecule has 0 aromatic heterocycles. The van der Waals surface area contributed by atoms with Crippen LogP contribution in [0.4, 0.5) is 0 Å². The molecule has 0 amide bonds. The van der Waals surface area contributed by atoms with Crippen LogP contribution in [0.1, 0.15) is 48.0 Å². The van der Waals surface area contributed by atoms with Gasteiger partial charge in [-0.3, -0.25) is 0 Å². The summed E-state index contributed by atoms with van der Waals surface area (Å²) >= 11 is 0. The summed E-state index contributed by atoms with van der Waals surface area (Å²) in [5, 5.41) is 3.62. The first kappa shape index (κ1) is 52.3. The van der Waals surface area contributed by atoms with E-state index in [2.05, 4.69) is 89.6 Å². The summed E-state index contributed by atoms with van der Waals surface area (Å²) in [6.07, 6.45) is 2.00. The number of rotatable bonds is 32. The van der Waals surface area contributed by atoms with Crippen LogP contribution < -0.4 is 5.32 Å². The minimum atomic E-state index is -2.85. The maximum atomic E-state index is 7.22. The van der Waals surface area contributed by atoms with Crippen molar-refractivity contribution in [3.8, 4) is 0 Å². The van der Waals surface area contributed by atoms with Crippen LogP contribution in [-0.2, 0) is 43.0 Å². The van der Waals surface area contributed by atoms with E-state index in [4.69, 9.17) is 43.0 Å². The molecule has 1 N–H and O–H groups in total. The molecule has 12 nitrogen and oxygen atoms in total. The quantitative estimate of drug-likeness (QED) is 0.0549. The smallest absolute Gasteiger partial charge is 0.436 e. The fraction of sp³-hybridized carbons (Fsp3) is 1.00. The second-order valence-electron chi connectivity index (χ2n) is 15.0. The zero-order valence-electron chi connectivity index (χ0n) is 36.1. The van der Waals surface area contributed by atoms with Crippen LogP contribution in [0, 0.1) is 0 Å². The van der Waals surface area contributed by atoms with E-state index in [-0.39, 0.29) is 5.54 Å². The number of nitrogens with zero attached hydrogens (tertiary/aromatic N) is 1. The lowest BCUT2D eigenvalue weighted by Crippen LogP contribution is -2.64. The summed E-state index contributed by atoms with van der Waals surface area (Å²) in [5.41, 5.74) is 0.0677. The van der Waals surface area contributed by atoms with E-state index in [1.54, 1.807) is 21.3 Å². The summed E-state index contributed by atoms with van der Waals surface area (Å²) in [5.74, 6) is 0. The molecular formula is C31H80N2O10Si8. The van der Waals surface area contributed by atoms with Crippen LogP contribution >= 0.6 is 0 Å². The molecule has 0 saturated heterocycles. The molecule has 0 aliphatic rings. The molecule has 0 fully saturated rings. The third-order valence-electron chi connectivity index (χ3n) is 8.63. The molecule has 0 spiro atoms. The van der Waals surface area contributed by atoms with Gasteiger partial charge < -0.3 is 52.9 Å². The molecular weight excluding hydrogens is 785 g/mol. The summed E-state index contributed by atoms with van der Waals surface area (Å²) in [7, 11) is -11.7. The van der Waals surface area contributed by atoms with Crippen molar-refractivity contribution in [2.75, 3.05) is 67.0 Å². The molecule has 0 rings (SSSR count). The Bertz CT molecular complexity index is 912. The molecule has 0 aliphatic carbocycles. The highest BCUT2D eigenvalue weighted by Gasteiger charge is 2.53. The van der Waals surface area contributed by atoms with Crippen molar-refractivity contribution < 1.29 is 43.0 Å². The largest absolute Gasteiger partial charge is 0.502 e. The highest BCUT2D eigenvalue weighted by Crippen LogP contribution is 2.37. The van der Waals surface area contributed by atoms with Gasteiger partial charge in [-0.15, -0.1) is 0 Å². The summed E-state index contributed by atoms with van der Waals surface area (Å²) in [6.45, 7) is 37.1. The van der Waals surface area contributed by atoms with Gasteiger partial charge in [-0.2, -0.15) is 0 Å². The first-order valence-corrected chi connectivity index (χ1v) is 38.4. The highest BCUT2D eigenvalue weighted by molar-refractivity contribution is 6.90. The Balaban J connectivity index is 5.24. The fourth-order valence-corrected chi connectivity index (χ4v) is 42.0. The molecule has 0 bridgehead atoms. The van der Waals surface area contributed by atoms with Gasteiger partial charge in [0.2, 0.25) is 0 Å². The lowest BCUT2D eigenvalue weighted by Gasteiger charge is -2.47. The Morgan fingerprint density at radius 1 is 0.627 bits per heavy atom. The Morgan fingerprint density at radius 3 is 1.51 bits per heavy atom.